The third-order valence-corrected chi connectivity index (χ3v) is 6.41. The SMILES string of the molecule is C=CC=C.CC1=C(C)[CH]([Ti]([CH3])[CH3])c2ccccc21.[SiH4]. The predicted molar refractivity (Wildman–Crippen MR) is 90.9 cm³/mol. The van der Waals surface area contributed by atoms with Crippen LogP contribution in [-0.4, -0.2) is 11.0 Å². The van der Waals surface area contributed by atoms with Crippen molar-refractivity contribution < 1.29 is 17.9 Å². The van der Waals surface area contributed by atoms with Crippen LogP contribution in [-0.2, 0) is 17.9 Å². The van der Waals surface area contributed by atoms with Crippen molar-refractivity contribution in [3.05, 3.63) is 66.3 Å². The monoisotopic (exact) mass is 307 g/mol. The molecular weight excluding hydrogens is 280 g/mol. The van der Waals surface area contributed by atoms with Crippen molar-refractivity contribution in [2.75, 3.05) is 0 Å². The van der Waals surface area contributed by atoms with Gasteiger partial charge in [0.15, 0.2) is 0 Å². The van der Waals surface area contributed by atoms with E-state index in [4.69, 9.17) is 0 Å². The molecule has 0 amide bonds. The molecule has 103 valence electrons. The zero-order chi connectivity index (χ0) is 13.7. The van der Waals surface area contributed by atoms with E-state index in [9.17, 15) is 0 Å². The van der Waals surface area contributed by atoms with Crippen molar-refractivity contribution >= 4 is 16.5 Å². The smallest absolute Gasteiger partial charge is 0.0149 e. The number of hydrogen-bond acceptors (Lipinski definition) is 0. The number of fused-ring (bicyclic) bond motifs is 1. The van der Waals surface area contributed by atoms with Gasteiger partial charge >= 0.3 is 92.9 Å². The summed E-state index contributed by atoms with van der Waals surface area (Å²) in [6, 6.07) is 8.93. The molecule has 0 radical (unpaired) electrons. The molecule has 1 aliphatic carbocycles. The summed E-state index contributed by atoms with van der Waals surface area (Å²) >= 11 is -0.878. The molecule has 0 aromatic heterocycles. The third-order valence-electron chi connectivity index (χ3n) is 3.44. The minimum Gasteiger partial charge on any atom is -0.0149 e. The van der Waals surface area contributed by atoms with Crippen LogP contribution in [0.15, 0.2) is 55.1 Å². The van der Waals surface area contributed by atoms with Gasteiger partial charge in [-0.3, -0.25) is 0 Å². The van der Waals surface area contributed by atoms with Gasteiger partial charge in [-0.05, 0) is 11.0 Å². The zero-order valence-electron chi connectivity index (χ0n) is 12.0. The maximum Gasteiger partial charge on any atom is -0.0149 e. The van der Waals surface area contributed by atoms with Crippen LogP contribution in [0.5, 0.6) is 0 Å². The van der Waals surface area contributed by atoms with E-state index in [1.54, 1.807) is 23.3 Å². The summed E-state index contributed by atoms with van der Waals surface area (Å²) in [5, 5.41) is 4.95. The molecular formula is C17H27SiTi. The molecule has 0 fully saturated rings. The molecule has 1 aliphatic rings. The van der Waals surface area contributed by atoms with Gasteiger partial charge in [0.25, 0.3) is 0 Å². The van der Waals surface area contributed by atoms with Crippen molar-refractivity contribution in [1.29, 1.82) is 0 Å². The summed E-state index contributed by atoms with van der Waals surface area (Å²) in [7, 11) is 0. The zero-order valence-corrected chi connectivity index (χ0v) is 13.5. The predicted octanol–water partition coefficient (Wildman–Crippen LogP) is 4.16. The van der Waals surface area contributed by atoms with Gasteiger partial charge in [0.05, 0.1) is 0 Å². The van der Waals surface area contributed by atoms with Crippen molar-refractivity contribution in [3.63, 3.8) is 0 Å². The Hall–Kier alpha value is -0.629. The summed E-state index contributed by atoms with van der Waals surface area (Å²) in [6.45, 7) is 11.3. The van der Waals surface area contributed by atoms with Gasteiger partial charge in [-0.1, -0.05) is 25.3 Å². The van der Waals surface area contributed by atoms with Crippen molar-refractivity contribution in [2.45, 2.75) is 28.5 Å². The first kappa shape index (κ1) is 18.4. The molecule has 1 atom stereocenters. The summed E-state index contributed by atoms with van der Waals surface area (Å²) in [5.41, 5.74) is 6.26. The fourth-order valence-corrected chi connectivity index (χ4v) is 5.55. The molecule has 0 N–H and O–H groups in total. The standard InChI is InChI=1S/C11H11.C4H6.2CH3.H4Si.Ti/c1-8-7-10-5-3-4-6-11(10)9(8)2;1-3-4-2;;;;/h3-7H,1-2H3;3-4H,1-2H2;2*1H3;1H4;. The number of benzene rings is 1. The Morgan fingerprint density at radius 1 is 1.05 bits per heavy atom. The Balaban J connectivity index is 0.000000576. The minimum absolute atomic E-state index is 0. The summed E-state index contributed by atoms with van der Waals surface area (Å²) in [6.07, 6.45) is 3.28. The Morgan fingerprint density at radius 2 is 1.58 bits per heavy atom. The molecule has 19 heavy (non-hydrogen) atoms. The largest absolute Gasteiger partial charge is 0.0149 e. The van der Waals surface area contributed by atoms with Gasteiger partial charge in [-0.2, -0.15) is 0 Å². The van der Waals surface area contributed by atoms with Gasteiger partial charge in [-0.15, -0.1) is 0 Å². The first-order valence-corrected chi connectivity index (χ1v) is 10.4. The van der Waals surface area contributed by atoms with E-state index in [0.29, 0.717) is 0 Å². The third kappa shape index (κ3) is 4.17. The average Bonchev–Trinajstić information content (AvgIpc) is 2.63. The molecule has 0 aliphatic heterocycles. The fourth-order valence-electron chi connectivity index (χ4n) is 2.50. The van der Waals surface area contributed by atoms with Gasteiger partial charge in [0, 0.05) is 0 Å². The van der Waals surface area contributed by atoms with E-state index in [0.717, 1.165) is 4.22 Å². The van der Waals surface area contributed by atoms with Crippen LogP contribution >= 0.6 is 0 Å². The van der Waals surface area contributed by atoms with Crippen LogP contribution in [0.3, 0.4) is 0 Å². The molecule has 0 bridgehead atoms. The normalized spacial score (nSPS) is 15.7. The topological polar surface area (TPSA) is 0 Å². The van der Waals surface area contributed by atoms with Crippen LogP contribution in [0.2, 0.25) is 10.5 Å². The van der Waals surface area contributed by atoms with Crippen LogP contribution in [0.25, 0.3) is 5.57 Å². The van der Waals surface area contributed by atoms with E-state index in [1.807, 2.05) is 0 Å². The van der Waals surface area contributed by atoms with Gasteiger partial charge in [0.2, 0.25) is 0 Å². The summed E-state index contributed by atoms with van der Waals surface area (Å²) in [5.74, 6) is 0. The second-order valence-corrected chi connectivity index (χ2v) is 9.14. The maximum atomic E-state index is 3.36. The molecule has 0 saturated heterocycles. The minimum atomic E-state index is -0.878. The first-order chi connectivity index (χ1) is 8.54. The molecule has 2 heteroatoms. The van der Waals surface area contributed by atoms with Crippen LogP contribution < -0.4 is 0 Å². The second-order valence-electron chi connectivity index (χ2n) is 4.88. The molecule has 0 heterocycles. The number of allylic oxidation sites excluding steroid dienone is 4. The average molecular weight is 307 g/mol. The molecule has 1 unspecified atom stereocenters. The Kier molecular flexibility index (Phi) is 8.24. The summed E-state index contributed by atoms with van der Waals surface area (Å²) < 4.78 is 0.811. The van der Waals surface area contributed by atoms with Gasteiger partial charge < -0.3 is 0 Å². The van der Waals surface area contributed by atoms with E-state index in [2.05, 4.69) is 61.7 Å². The number of hydrogen-bond donors (Lipinski definition) is 0. The molecule has 1 aromatic rings. The van der Waals surface area contributed by atoms with Crippen molar-refractivity contribution in [2.24, 2.45) is 0 Å². The fraction of sp³-hybridized carbons (Fsp3) is 0.294. The Morgan fingerprint density at radius 3 is 2.05 bits per heavy atom. The van der Waals surface area contributed by atoms with Crippen molar-refractivity contribution in [3.8, 4) is 0 Å². The molecule has 0 spiro atoms. The van der Waals surface area contributed by atoms with E-state index < -0.39 is 17.9 Å². The Labute approximate surface area is 129 Å². The first-order valence-electron chi connectivity index (χ1n) is 6.34. The quantitative estimate of drug-likeness (QED) is 0.568. The Bertz CT molecular complexity index is 466. The molecule has 1 aromatic carbocycles. The van der Waals surface area contributed by atoms with Crippen LogP contribution in [0.1, 0.15) is 29.2 Å². The van der Waals surface area contributed by atoms with E-state index in [-0.39, 0.29) is 11.0 Å². The van der Waals surface area contributed by atoms with Gasteiger partial charge in [0.1, 0.15) is 0 Å². The molecule has 0 saturated carbocycles. The van der Waals surface area contributed by atoms with E-state index >= 15 is 0 Å². The van der Waals surface area contributed by atoms with Gasteiger partial charge in [-0.25, -0.2) is 0 Å². The maximum absolute atomic E-state index is 3.36. The van der Waals surface area contributed by atoms with E-state index in [1.165, 1.54) is 11.1 Å². The molecule has 2 rings (SSSR count). The molecule has 0 nitrogen and oxygen atoms in total. The second kappa shape index (κ2) is 8.52. The number of rotatable bonds is 2. The summed E-state index contributed by atoms with van der Waals surface area (Å²) in [4.78, 5) is 0. The van der Waals surface area contributed by atoms with Crippen LogP contribution in [0, 0.1) is 0 Å². The van der Waals surface area contributed by atoms with Crippen molar-refractivity contribution in [1.82, 2.24) is 0 Å². The van der Waals surface area contributed by atoms with Crippen LogP contribution in [0.4, 0.5) is 0 Å².